The Labute approximate surface area is 282 Å². The molecule has 0 radical (unpaired) electrons. The molecule has 0 unspecified atom stereocenters. The average molecular weight is 642 g/mol. The van der Waals surface area contributed by atoms with Crippen LogP contribution in [-0.2, 0) is 29.3 Å². The summed E-state index contributed by atoms with van der Waals surface area (Å²) in [6.07, 6.45) is 36.1. The number of nitrogens with zero attached hydrogens (tertiary/aromatic N) is 2. The normalized spacial score (nSPS) is 12.1. The van der Waals surface area contributed by atoms with Gasteiger partial charge in [-0.3, -0.25) is 9.98 Å². The van der Waals surface area contributed by atoms with Gasteiger partial charge in [-0.25, -0.2) is 0 Å². The number of aryl methyl sites for hydroxylation is 2. The summed E-state index contributed by atoms with van der Waals surface area (Å²) in [6.45, 7) is 6.81. The first-order chi connectivity index (χ1) is 21.3. The maximum atomic E-state index is 5.19. The molecule has 0 fully saturated rings. The fraction of sp³-hybridized carbons (Fsp3) is 0.561. The summed E-state index contributed by atoms with van der Waals surface area (Å²) in [6, 6.07) is 17.3. The fourth-order valence-electron chi connectivity index (χ4n) is 5.36. The minimum atomic E-state index is 0. The molecule has 2 aromatic carbocycles. The molecule has 2 nitrogen and oxygen atoms in total. The Balaban J connectivity index is 0.00000968. The van der Waals surface area contributed by atoms with Gasteiger partial charge in [0.15, 0.2) is 0 Å². The van der Waals surface area contributed by atoms with Gasteiger partial charge >= 0.3 is 0 Å². The van der Waals surface area contributed by atoms with Crippen molar-refractivity contribution in [3.63, 3.8) is 0 Å². The van der Waals surface area contributed by atoms with Crippen LogP contribution in [0, 0.1) is 0 Å². The zero-order chi connectivity index (χ0) is 30.6. The van der Waals surface area contributed by atoms with Crippen molar-refractivity contribution in [2.24, 2.45) is 9.98 Å². The largest absolute Gasteiger partial charge is 0.255 e. The minimum Gasteiger partial charge on any atom is -0.255 e. The van der Waals surface area contributed by atoms with Gasteiger partial charge in [0.1, 0.15) is 0 Å². The summed E-state index contributed by atoms with van der Waals surface area (Å²) < 4.78 is 0. The summed E-state index contributed by atoms with van der Waals surface area (Å²) in [5.74, 6) is 0. The van der Waals surface area contributed by atoms with Crippen LogP contribution in [0.5, 0.6) is 0 Å². The van der Waals surface area contributed by atoms with Crippen LogP contribution >= 0.6 is 0 Å². The molecule has 3 heteroatoms. The van der Waals surface area contributed by atoms with Gasteiger partial charge in [0, 0.05) is 22.7 Å². The number of hydrogen-bond acceptors (Lipinski definition) is 2. The quantitative estimate of drug-likeness (QED) is 0.0446. The Morgan fingerprint density at radius 2 is 0.977 bits per heavy atom. The molecule has 0 saturated carbocycles. The molecule has 0 atom stereocenters. The summed E-state index contributed by atoms with van der Waals surface area (Å²) in [7, 11) is 0. The second-order valence-corrected chi connectivity index (χ2v) is 12.0. The minimum absolute atomic E-state index is 0. The predicted molar refractivity (Wildman–Crippen MR) is 194 cm³/mol. The zero-order valence-corrected chi connectivity index (χ0v) is 29.3. The maximum Gasteiger partial charge on any atom is 0.0665 e. The standard InChI is InChI=1S/C41H62N2.Ni/c1-4-7-10-12-14-16-18-20-23-29-37-31-25-27-34-40(37)42-36-39(33-22-9-6-3)43-41-35-28-26-32-38(41)30-24-21-19-17-15-13-11-8-5-2;/h18-21,25-28,31-32,34-36H,4-17,22-24,29-30,33H2,1-3H3;/b20-18+,21-19+,42-36-,43-39+;. The zero-order valence-electron chi connectivity index (χ0n) is 28.4. The molecule has 2 rings (SSSR count). The van der Waals surface area contributed by atoms with E-state index in [1.807, 2.05) is 6.21 Å². The van der Waals surface area contributed by atoms with Gasteiger partial charge in [-0.05, 0) is 87.5 Å². The SMILES string of the molecule is CCCCCCC/C=C/CCc1ccccc1/N=C\C(CCCCC)=N\c1ccccc1CC/C=C/CCCCCCC.[Ni]. The van der Waals surface area contributed by atoms with E-state index in [9.17, 15) is 0 Å². The molecule has 0 amide bonds. The molecule has 0 aliphatic carbocycles. The third-order valence-electron chi connectivity index (χ3n) is 8.08. The van der Waals surface area contributed by atoms with Crippen LogP contribution in [0.4, 0.5) is 11.4 Å². The van der Waals surface area contributed by atoms with Crippen LogP contribution in [0.15, 0.2) is 82.8 Å². The first-order valence-corrected chi connectivity index (χ1v) is 17.9. The molecule has 246 valence electrons. The first-order valence-electron chi connectivity index (χ1n) is 17.9. The molecule has 0 bridgehead atoms. The van der Waals surface area contributed by atoms with Crippen molar-refractivity contribution >= 4 is 23.3 Å². The smallest absolute Gasteiger partial charge is 0.0665 e. The second-order valence-electron chi connectivity index (χ2n) is 12.0. The molecule has 0 saturated heterocycles. The Bertz CT molecular complexity index is 1080. The summed E-state index contributed by atoms with van der Waals surface area (Å²) in [4.78, 5) is 10.2. The van der Waals surface area contributed by atoms with Gasteiger partial charge in [-0.2, -0.15) is 0 Å². The van der Waals surface area contributed by atoms with Crippen LogP contribution in [-0.4, -0.2) is 11.9 Å². The van der Waals surface area contributed by atoms with E-state index in [1.54, 1.807) is 0 Å². The van der Waals surface area contributed by atoms with Gasteiger partial charge in [0.05, 0.1) is 17.1 Å². The van der Waals surface area contributed by atoms with Crippen molar-refractivity contribution in [3.05, 3.63) is 84.0 Å². The van der Waals surface area contributed by atoms with E-state index in [4.69, 9.17) is 9.98 Å². The molecular weight excluding hydrogens is 579 g/mol. The summed E-state index contributed by atoms with van der Waals surface area (Å²) >= 11 is 0. The van der Waals surface area contributed by atoms with Crippen molar-refractivity contribution < 1.29 is 16.5 Å². The van der Waals surface area contributed by atoms with E-state index < -0.39 is 0 Å². The van der Waals surface area contributed by atoms with Crippen molar-refractivity contribution in [2.45, 2.75) is 149 Å². The number of unbranched alkanes of at least 4 members (excludes halogenated alkanes) is 12. The maximum absolute atomic E-state index is 5.19. The van der Waals surface area contributed by atoms with Gasteiger partial charge in [0.2, 0.25) is 0 Å². The van der Waals surface area contributed by atoms with E-state index in [2.05, 4.69) is 93.6 Å². The van der Waals surface area contributed by atoms with Crippen LogP contribution in [0.1, 0.15) is 147 Å². The topological polar surface area (TPSA) is 24.7 Å². The van der Waals surface area contributed by atoms with Gasteiger partial charge in [-0.15, -0.1) is 0 Å². The van der Waals surface area contributed by atoms with E-state index in [1.165, 1.54) is 101 Å². The van der Waals surface area contributed by atoms with Gasteiger partial charge in [-0.1, -0.05) is 146 Å². The monoisotopic (exact) mass is 640 g/mol. The Morgan fingerprint density at radius 3 is 1.55 bits per heavy atom. The number of para-hydroxylation sites is 2. The fourth-order valence-corrected chi connectivity index (χ4v) is 5.36. The van der Waals surface area contributed by atoms with E-state index in [0.717, 1.165) is 55.6 Å². The molecule has 0 aliphatic rings. The summed E-state index contributed by atoms with van der Waals surface area (Å²) in [5, 5.41) is 0. The molecule has 0 heterocycles. The Hall–Kier alpha value is -2.25. The molecule has 44 heavy (non-hydrogen) atoms. The van der Waals surface area contributed by atoms with Crippen molar-refractivity contribution in [3.8, 4) is 0 Å². The number of allylic oxidation sites excluding steroid dienone is 4. The number of benzene rings is 2. The van der Waals surface area contributed by atoms with E-state index in [-0.39, 0.29) is 16.5 Å². The van der Waals surface area contributed by atoms with E-state index >= 15 is 0 Å². The first kappa shape index (κ1) is 39.8. The third kappa shape index (κ3) is 19.2. The third-order valence-corrected chi connectivity index (χ3v) is 8.08. The molecule has 0 spiro atoms. The second kappa shape index (κ2) is 28.2. The van der Waals surface area contributed by atoms with Crippen LogP contribution in [0.25, 0.3) is 0 Å². The summed E-state index contributed by atoms with van der Waals surface area (Å²) in [5.41, 5.74) is 5.90. The van der Waals surface area contributed by atoms with Crippen LogP contribution in [0.3, 0.4) is 0 Å². The van der Waals surface area contributed by atoms with Gasteiger partial charge < -0.3 is 0 Å². The number of rotatable bonds is 25. The molecular formula is C41H62N2Ni. The molecule has 2 aromatic rings. The predicted octanol–water partition coefficient (Wildman–Crippen LogP) is 13.4. The average Bonchev–Trinajstić information content (AvgIpc) is 3.03. The Morgan fingerprint density at radius 1 is 0.523 bits per heavy atom. The van der Waals surface area contributed by atoms with Gasteiger partial charge in [0.25, 0.3) is 0 Å². The molecule has 0 aromatic heterocycles. The van der Waals surface area contributed by atoms with Crippen molar-refractivity contribution in [1.82, 2.24) is 0 Å². The van der Waals surface area contributed by atoms with Crippen LogP contribution < -0.4 is 0 Å². The van der Waals surface area contributed by atoms with Crippen LogP contribution in [0.2, 0.25) is 0 Å². The number of hydrogen-bond donors (Lipinski definition) is 0. The molecule has 0 N–H and O–H groups in total. The van der Waals surface area contributed by atoms with Crippen molar-refractivity contribution in [1.29, 1.82) is 0 Å². The Kier molecular flexibility index (Phi) is 25.5. The van der Waals surface area contributed by atoms with Crippen molar-refractivity contribution in [2.75, 3.05) is 0 Å². The van der Waals surface area contributed by atoms with E-state index in [0.29, 0.717) is 0 Å². The molecule has 0 aliphatic heterocycles. The number of aliphatic imine (C=N–C) groups is 2.